The summed E-state index contributed by atoms with van der Waals surface area (Å²) in [6, 6.07) is 23.1. The highest BCUT2D eigenvalue weighted by Gasteiger charge is 2.23. The van der Waals surface area contributed by atoms with E-state index in [-0.39, 0.29) is 11.9 Å². The molecule has 3 N–H and O–H groups in total. The number of hydrogen-bond donors (Lipinski definition) is 2. The Morgan fingerprint density at radius 1 is 1.03 bits per heavy atom. The summed E-state index contributed by atoms with van der Waals surface area (Å²) >= 11 is 0. The molecule has 0 bridgehead atoms. The molecule has 1 atom stereocenters. The van der Waals surface area contributed by atoms with Gasteiger partial charge in [0.1, 0.15) is 5.82 Å². The Morgan fingerprint density at radius 2 is 1.73 bits per heavy atom. The number of rotatable bonds is 6. The van der Waals surface area contributed by atoms with Crippen LogP contribution in [-0.2, 0) is 11.2 Å². The van der Waals surface area contributed by atoms with Crippen LogP contribution >= 0.6 is 0 Å². The largest absolute Gasteiger partial charge is 0.399 e. The number of nitrogen functional groups attached to an aromatic ring is 1. The van der Waals surface area contributed by atoms with Crippen LogP contribution in [0.1, 0.15) is 48.8 Å². The molecule has 1 aromatic heterocycles. The van der Waals surface area contributed by atoms with Crippen LogP contribution in [-0.4, -0.2) is 27.3 Å². The van der Waals surface area contributed by atoms with Gasteiger partial charge in [-0.05, 0) is 61.4 Å². The van der Waals surface area contributed by atoms with Gasteiger partial charge in [-0.3, -0.25) is 4.79 Å². The number of imidazole rings is 1. The standard InChI is InChI=1S/C28H28N4O/c1-3-17-32(27(33)19-22-7-5-4-6-8-22)20(2)28-30-25-16-13-23(18-26(25)31-28)10-9-21-11-14-24(29)15-12-21/h4-8,11-16,18,20H,3,17,19,29H2,1-2H3,(H,30,31). The van der Waals surface area contributed by atoms with Crippen molar-refractivity contribution >= 4 is 22.6 Å². The minimum Gasteiger partial charge on any atom is -0.399 e. The van der Waals surface area contributed by atoms with Gasteiger partial charge in [-0.2, -0.15) is 0 Å². The Bertz CT molecular complexity index is 1300. The Kier molecular flexibility index (Phi) is 6.75. The van der Waals surface area contributed by atoms with Gasteiger partial charge in [0, 0.05) is 23.4 Å². The molecule has 4 aromatic rings. The topological polar surface area (TPSA) is 75.0 Å². The second kappa shape index (κ2) is 10.1. The number of fused-ring (bicyclic) bond motifs is 1. The quantitative estimate of drug-likeness (QED) is 0.327. The molecule has 33 heavy (non-hydrogen) atoms. The number of nitrogens with one attached hydrogen (secondary N) is 1. The number of carbonyl (C=O) groups is 1. The highest BCUT2D eigenvalue weighted by molar-refractivity contribution is 5.80. The number of anilines is 1. The molecule has 166 valence electrons. The van der Waals surface area contributed by atoms with E-state index < -0.39 is 0 Å². The second-order valence-electron chi connectivity index (χ2n) is 8.15. The van der Waals surface area contributed by atoms with Crippen molar-refractivity contribution in [2.24, 2.45) is 0 Å². The van der Waals surface area contributed by atoms with Gasteiger partial charge in [0.25, 0.3) is 0 Å². The highest BCUT2D eigenvalue weighted by atomic mass is 16.2. The molecule has 0 saturated carbocycles. The average Bonchev–Trinajstić information content (AvgIpc) is 3.26. The summed E-state index contributed by atoms with van der Waals surface area (Å²) < 4.78 is 0. The van der Waals surface area contributed by atoms with E-state index in [1.165, 1.54) is 0 Å². The number of nitrogens with two attached hydrogens (primary N) is 1. The normalized spacial score (nSPS) is 11.6. The zero-order valence-corrected chi connectivity index (χ0v) is 19.0. The van der Waals surface area contributed by atoms with Crippen molar-refractivity contribution in [3.05, 3.63) is 95.3 Å². The lowest BCUT2D eigenvalue weighted by molar-refractivity contribution is -0.132. The van der Waals surface area contributed by atoms with Crippen LogP contribution in [0.2, 0.25) is 0 Å². The summed E-state index contributed by atoms with van der Waals surface area (Å²) in [5, 5.41) is 0. The van der Waals surface area contributed by atoms with Crippen LogP contribution in [0.25, 0.3) is 11.0 Å². The van der Waals surface area contributed by atoms with E-state index in [2.05, 4.69) is 23.7 Å². The van der Waals surface area contributed by atoms with Gasteiger partial charge in [-0.15, -0.1) is 0 Å². The van der Waals surface area contributed by atoms with Crippen molar-refractivity contribution < 1.29 is 4.79 Å². The summed E-state index contributed by atoms with van der Waals surface area (Å²) in [4.78, 5) is 23.2. The van der Waals surface area contributed by atoms with Crippen LogP contribution < -0.4 is 5.73 Å². The van der Waals surface area contributed by atoms with Crippen molar-refractivity contribution in [2.45, 2.75) is 32.7 Å². The number of hydrogen-bond acceptors (Lipinski definition) is 3. The number of nitrogens with zero attached hydrogens (tertiary/aromatic N) is 2. The van der Waals surface area contributed by atoms with Crippen LogP contribution in [0, 0.1) is 11.8 Å². The lowest BCUT2D eigenvalue weighted by atomic mass is 10.1. The Labute approximate surface area is 194 Å². The maximum Gasteiger partial charge on any atom is 0.227 e. The van der Waals surface area contributed by atoms with Crippen LogP contribution in [0.4, 0.5) is 5.69 Å². The van der Waals surface area contributed by atoms with Crippen LogP contribution in [0.5, 0.6) is 0 Å². The number of H-pyrrole nitrogens is 1. The lowest BCUT2D eigenvalue weighted by Gasteiger charge is -2.28. The van der Waals surface area contributed by atoms with Gasteiger partial charge in [0.15, 0.2) is 0 Å². The molecule has 1 amide bonds. The maximum absolute atomic E-state index is 13.1. The van der Waals surface area contributed by atoms with Gasteiger partial charge < -0.3 is 15.6 Å². The summed E-state index contributed by atoms with van der Waals surface area (Å²) in [6.45, 7) is 4.79. The zero-order valence-electron chi connectivity index (χ0n) is 19.0. The smallest absolute Gasteiger partial charge is 0.227 e. The molecule has 0 aliphatic carbocycles. The summed E-state index contributed by atoms with van der Waals surface area (Å²) in [5.74, 6) is 7.24. The number of aromatic amines is 1. The van der Waals surface area contributed by atoms with Gasteiger partial charge >= 0.3 is 0 Å². The first-order chi connectivity index (χ1) is 16.0. The lowest BCUT2D eigenvalue weighted by Crippen LogP contribution is -2.35. The number of carbonyl (C=O) groups excluding carboxylic acids is 1. The van der Waals surface area contributed by atoms with Crippen LogP contribution in [0.15, 0.2) is 72.8 Å². The summed E-state index contributed by atoms with van der Waals surface area (Å²) in [5.41, 5.74) is 11.1. The molecule has 0 radical (unpaired) electrons. The first kappa shape index (κ1) is 22.2. The first-order valence-electron chi connectivity index (χ1n) is 11.2. The fourth-order valence-corrected chi connectivity index (χ4v) is 3.81. The van der Waals surface area contributed by atoms with Crippen molar-refractivity contribution in [1.82, 2.24) is 14.9 Å². The predicted octanol–water partition coefficient (Wildman–Crippen LogP) is 5.09. The Balaban J connectivity index is 1.55. The molecular weight excluding hydrogens is 408 g/mol. The molecule has 5 nitrogen and oxygen atoms in total. The monoisotopic (exact) mass is 436 g/mol. The second-order valence-corrected chi connectivity index (χ2v) is 8.15. The molecule has 0 aliphatic rings. The van der Waals surface area contributed by atoms with Crippen molar-refractivity contribution in [2.75, 3.05) is 12.3 Å². The number of benzene rings is 3. The third kappa shape index (κ3) is 5.42. The molecular formula is C28H28N4O. The van der Waals surface area contributed by atoms with Crippen molar-refractivity contribution in [3.63, 3.8) is 0 Å². The van der Waals surface area contributed by atoms with Crippen LogP contribution in [0.3, 0.4) is 0 Å². The molecule has 1 heterocycles. The van der Waals surface area contributed by atoms with E-state index in [4.69, 9.17) is 10.7 Å². The van der Waals surface area contributed by atoms with E-state index in [1.807, 2.05) is 84.6 Å². The molecule has 0 aliphatic heterocycles. The molecule has 0 spiro atoms. The highest BCUT2D eigenvalue weighted by Crippen LogP contribution is 2.23. The molecule has 1 unspecified atom stereocenters. The van der Waals surface area contributed by atoms with E-state index in [9.17, 15) is 4.79 Å². The summed E-state index contributed by atoms with van der Waals surface area (Å²) in [7, 11) is 0. The fraction of sp³-hybridized carbons (Fsp3) is 0.214. The molecule has 4 rings (SSSR count). The summed E-state index contributed by atoms with van der Waals surface area (Å²) in [6.07, 6.45) is 1.27. The minimum absolute atomic E-state index is 0.103. The van der Waals surface area contributed by atoms with Gasteiger partial charge in [0.05, 0.1) is 23.5 Å². The van der Waals surface area contributed by atoms with Gasteiger partial charge in [-0.25, -0.2) is 4.98 Å². The fourth-order valence-electron chi connectivity index (χ4n) is 3.81. The van der Waals surface area contributed by atoms with E-state index in [0.29, 0.717) is 13.0 Å². The van der Waals surface area contributed by atoms with E-state index >= 15 is 0 Å². The first-order valence-corrected chi connectivity index (χ1v) is 11.2. The maximum atomic E-state index is 13.1. The number of aromatic nitrogens is 2. The van der Waals surface area contributed by atoms with Gasteiger partial charge in [0.2, 0.25) is 5.91 Å². The molecule has 3 aromatic carbocycles. The third-order valence-corrected chi connectivity index (χ3v) is 5.61. The molecule has 5 heteroatoms. The number of amides is 1. The van der Waals surface area contributed by atoms with Crippen molar-refractivity contribution in [1.29, 1.82) is 0 Å². The molecule has 0 saturated heterocycles. The zero-order chi connectivity index (χ0) is 23.2. The SMILES string of the molecule is CCCN(C(=O)Cc1ccccc1)C(C)c1nc2ccc(C#Cc3ccc(N)cc3)cc2[nH]1. The van der Waals surface area contributed by atoms with E-state index in [0.717, 1.165) is 45.7 Å². The van der Waals surface area contributed by atoms with Gasteiger partial charge in [-0.1, -0.05) is 49.1 Å². The Hall–Kier alpha value is -4.04. The average molecular weight is 437 g/mol. The Morgan fingerprint density at radius 3 is 2.45 bits per heavy atom. The van der Waals surface area contributed by atoms with E-state index in [1.54, 1.807) is 0 Å². The van der Waals surface area contributed by atoms with Crippen molar-refractivity contribution in [3.8, 4) is 11.8 Å². The molecule has 0 fully saturated rings. The minimum atomic E-state index is -0.155. The predicted molar refractivity (Wildman–Crippen MR) is 133 cm³/mol. The third-order valence-electron chi connectivity index (χ3n) is 5.61.